The fourth-order valence-electron chi connectivity index (χ4n) is 1.91. The molecule has 0 aliphatic rings. The number of aromatic hydroxyl groups is 1. The summed E-state index contributed by atoms with van der Waals surface area (Å²) < 4.78 is 0.820. The van der Waals surface area contributed by atoms with E-state index in [2.05, 4.69) is 5.32 Å². The summed E-state index contributed by atoms with van der Waals surface area (Å²) in [6, 6.07) is 4.69. The molecule has 20 heavy (non-hydrogen) atoms. The molecule has 3 N–H and O–H groups in total. The van der Waals surface area contributed by atoms with Crippen LogP contribution in [-0.2, 0) is 4.79 Å². The van der Waals surface area contributed by atoms with E-state index < -0.39 is 17.3 Å². The number of benzene rings is 1. The van der Waals surface area contributed by atoms with Gasteiger partial charge in [-0.05, 0) is 53.6 Å². The van der Waals surface area contributed by atoms with Gasteiger partial charge in [0.05, 0.1) is 11.0 Å². The number of aliphatic carboxylic acids is 1. The molecule has 0 unspecified atom stereocenters. The van der Waals surface area contributed by atoms with Crippen LogP contribution < -0.4 is 5.32 Å². The van der Waals surface area contributed by atoms with Crippen molar-refractivity contribution in [1.29, 1.82) is 0 Å². The number of carbonyl (C=O) groups is 2. The highest BCUT2D eigenvalue weighted by Gasteiger charge is 2.35. The van der Waals surface area contributed by atoms with E-state index in [9.17, 15) is 19.8 Å². The van der Waals surface area contributed by atoms with E-state index in [0.29, 0.717) is 12.8 Å². The molecular formula is C14H18INO4. The Labute approximate surface area is 131 Å². The Balaban J connectivity index is 2.86. The van der Waals surface area contributed by atoms with Gasteiger partial charge in [0.2, 0.25) is 0 Å². The lowest BCUT2D eigenvalue weighted by Crippen LogP contribution is -2.42. The largest absolute Gasteiger partial charge is 0.507 e. The lowest BCUT2D eigenvalue weighted by molar-refractivity contribution is -0.149. The van der Waals surface area contributed by atoms with Gasteiger partial charge in [0, 0.05) is 10.1 Å². The van der Waals surface area contributed by atoms with Crippen LogP contribution in [-0.4, -0.2) is 28.6 Å². The first-order valence-corrected chi connectivity index (χ1v) is 7.44. The second kappa shape index (κ2) is 6.92. The summed E-state index contributed by atoms with van der Waals surface area (Å²) in [7, 11) is 0. The smallest absolute Gasteiger partial charge is 0.311 e. The summed E-state index contributed by atoms with van der Waals surface area (Å²) in [5.74, 6) is -1.50. The van der Waals surface area contributed by atoms with Gasteiger partial charge in [-0.15, -0.1) is 0 Å². The molecular weight excluding hydrogens is 373 g/mol. The molecule has 0 aromatic heterocycles. The number of carboxylic acid groups (broad SMARTS) is 1. The van der Waals surface area contributed by atoms with Crippen molar-refractivity contribution in [2.75, 3.05) is 6.54 Å². The van der Waals surface area contributed by atoms with Crippen molar-refractivity contribution in [2.24, 2.45) is 5.41 Å². The molecule has 1 amide bonds. The highest BCUT2D eigenvalue weighted by atomic mass is 127. The fourth-order valence-corrected chi connectivity index (χ4v) is 2.40. The summed E-state index contributed by atoms with van der Waals surface area (Å²) in [5, 5.41) is 21.6. The van der Waals surface area contributed by atoms with Gasteiger partial charge >= 0.3 is 5.97 Å². The van der Waals surface area contributed by atoms with Crippen LogP contribution in [0.25, 0.3) is 0 Å². The van der Waals surface area contributed by atoms with Crippen LogP contribution in [0.4, 0.5) is 0 Å². The minimum absolute atomic E-state index is 0.0408. The van der Waals surface area contributed by atoms with Gasteiger partial charge in [-0.25, -0.2) is 0 Å². The second-order valence-electron chi connectivity index (χ2n) is 4.64. The zero-order valence-corrected chi connectivity index (χ0v) is 13.6. The third kappa shape index (κ3) is 3.62. The highest BCUT2D eigenvalue weighted by Crippen LogP contribution is 2.26. The average molecular weight is 391 g/mol. The van der Waals surface area contributed by atoms with Gasteiger partial charge in [-0.3, -0.25) is 9.59 Å². The van der Waals surface area contributed by atoms with E-state index in [-0.39, 0.29) is 17.9 Å². The van der Waals surface area contributed by atoms with Crippen LogP contribution >= 0.6 is 22.6 Å². The number of rotatable bonds is 6. The molecule has 0 saturated heterocycles. The van der Waals surface area contributed by atoms with Crippen molar-refractivity contribution in [2.45, 2.75) is 26.7 Å². The van der Waals surface area contributed by atoms with E-state index in [1.165, 1.54) is 6.07 Å². The Morgan fingerprint density at radius 1 is 1.30 bits per heavy atom. The van der Waals surface area contributed by atoms with E-state index in [0.717, 1.165) is 3.57 Å². The third-order valence-electron chi connectivity index (χ3n) is 3.60. The van der Waals surface area contributed by atoms with Crippen LogP contribution in [0.1, 0.15) is 37.0 Å². The van der Waals surface area contributed by atoms with Crippen molar-refractivity contribution >= 4 is 34.5 Å². The zero-order valence-electron chi connectivity index (χ0n) is 11.4. The zero-order chi connectivity index (χ0) is 15.3. The number of carboxylic acids is 1. The maximum absolute atomic E-state index is 12.1. The average Bonchev–Trinajstić information content (AvgIpc) is 2.42. The third-order valence-corrected chi connectivity index (χ3v) is 4.27. The van der Waals surface area contributed by atoms with Crippen molar-refractivity contribution in [1.82, 2.24) is 5.32 Å². The molecule has 0 radical (unpaired) electrons. The van der Waals surface area contributed by atoms with Crippen LogP contribution in [0.2, 0.25) is 0 Å². The molecule has 1 aromatic carbocycles. The number of hydrogen-bond donors (Lipinski definition) is 3. The molecule has 0 fully saturated rings. The van der Waals surface area contributed by atoms with Crippen molar-refractivity contribution in [3.63, 3.8) is 0 Å². The molecule has 0 bridgehead atoms. The predicted octanol–water partition coefficient (Wildman–Crippen LogP) is 2.62. The topological polar surface area (TPSA) is 86.6 Å². The fraction of sp³-hybridized carbons (Fsp3) is 0.429. The van der Waals surface area contributed by atoms with Crippen LogP contribution in [0, 0.1) is 8.99 Å². The Morgan fingerprint density at radius 2 is 1.90 bits per heavy atom. The van der Waals surface area contributed by atoms with Gasteiger partial charge in [0.25, 0.3) is 5.91 Å². The van der Waals surface area contributed by atoms with Crippen molar-refractivity contribution in [3.05, 3.63) is 27.3 Å². The van der Waals surface area contributed by atoms with Crippen molar-refractivity contribution < 1.29 is 19.8 Å². The number of halogens is 1. The predicted molar refractivity (Wildman–Crippen MR) is 83.8 cm³/mol. The minimum Gasteiger partial charge on any atom is -0.507 e. The molecule has 0 spiro atoms. The van der Waals surface area contributed by atoms with Crippen LogP contribution in [0.15, 0.2) is 18.2 Å². The Morgan fingerprint density at radius 3 is 2.40 bits per heavy atom. The molecule has 1 aromatic rings. The number of phenols is 1. The summed E-state index contributed by atoms with van der Waals surface area (Å²) in [6.07, 6.45) is 0.856. The first-order valence-electron chi connectivity index (χ1n) is 6.36. The molecule has 1 rings (SSSR count). The Bertz CT molecular complexity index is 512. The second-order valence-corrected chi connectivity index (χ2v) is 5.88. The standard InChI is InChI=1S/C14H18INO4/c1-3-14(4-2,13(19)20)8-16-12(18)10-7-9(15)5-6-11(10)17/h5-7,17H,3-4,8H2,1-2H3,(H,16,18)(H,19,20). The highest BCUT2D eigenvalue weighted by molar-refractivity contribution is 14.1. The summed E-state index contributed by atoms with van der Waals surface area (Å²) in [4.78, 5) is 23.4. The first-order chi connectivity index (χ1) is 9.36. The molecule has 6 heteroatoms. The molecule has 0 heterocycles. The molecule has 110 valence electrons. The van der Waals surface area contributed by atoms with E-state index in [4.69, 9.17) is 0 Å². The molecule has 0 atom stereocenters. The SMILES string of the molecule is CCC(CC)(CNC(=O)c1cc(I)ccc1O)C(=O)O. The molecule has 5 nitrogen and oxygen atoms in total. The maximum atomic E-state index is 12.1. The Kier molecular flexibility index (Phi) is 5.79. The summed E-state index contributed by atoms with van der Waals surface area (Å²) in [6.45, 7) is 3.61. The molecule has 0 saturated carbocycles. The number of amides is 1. The van der Waals surface area contributed by atoms with E-state index in [1.54, 1.807) is 26.0 Å². The minimum atomic E-state index is -0.965. The quantitative estimate of drug-likeness (QED) is 0.651. The van der Waals surface area contributed by atoms with Crippen LogP contribution in [0.5, 0.6) is 5.75 Å². The van der Waals surface area contributed by atoms with E-state index in [1.807, 2.05) is 22.6 Å². The maximum Gasteiger partial charge on any atom is 0.311 e. The Hall–Kier alpha value is -1.31. The van der Waals surface area contributed by atoms with Gasteiger partial charge in [0.15, 0.2) is 0 Å². The van der Waals surface area contributed by atoms with Gasteiger partial charge in [0.1, 0.15) is 5.75 Å². The lowest BCUT2D eigenvalue weighted by Gasteiger charge is -2.26. The van der Waals surface area contributed by atoms with Crippen molar-refractivity contribution in [3.8, 4) is 5.75 Å². The number of carbonyl (C=O) groups excluding carboxylic acids is 1. The summed E-state index contributed by atoms with van der Waals surface area (Å²) in [5.41, 5.74) is -0.809. The molecule has 0 aliphatic heterocycles. The molecule has 0 aliphatic carbocycles. The lowest BCUT2D eigenvalue weighted by atomic mass is 9.82. The number of hydrogen-bond acceptors (Lipinski definition) is 3. The number of phenolic OH excluding ortho intramolecular Hbond substituents is 1. The summed E-state index contributed by atoms with van der Waals surface area (Å²) >= 11 is 2.04. The first kappa shape index (κ1) is 16.7. The van der Waals surface area contributed by atoms with E-state index >= 15 is 0 Å². The van der Waals surface area contributed by atoms with Crippen LogP contribution in [0.3, 0.4) is 0 Å². The van der Waals surface area contributed by atoms with Gasteiger partial charge in [-0.1, -0.05) is 13.8 Å². The number of nitrogens with one attached hydrogen (secondary N) is 1. The van der Waals surface area contributed by atoms with Gasteiger partial charge in [-0.2, -0.15) is 0 Å². The normalized spacial score (nSPS) is 11.2. The monoisotopic (exact) mass is 391 g/mol. The van der Waals surface area contributed by atoms with Gasteiger partial charge < -0.3 is 15.5 Å².